The summed E-state index contributed by atoms with van der Waals surface area (Å²) in [5.41, 5.74) is 2.16. The van der Waals surface area contributed by atoms with Crippen molar-refractivity contribution in [3.05, 3.63) is 54.1 Å². The second-order valence-electron chi connectivity index (χ2n) is 7.46. The van der Waals surface area contributed by atoms with E-state index in [0.29, 0.717) is 30.2 Å². The molecule has 4 rings (SSSR count). The van der Waals surface area contributed by atoms with Gasteiger partial charge in [0.1, 0.15) is 0 Å². The van der Waals surface area contributed by atoms with E-state index in [-0.39, 0.29) is 10.8 Å². The highest BCUT2D eigenvalue weighted by molar-refractivity contribution is 7.90. The van der Waals surface area contributed by atoms with Crippen LogP contribution < -0.4 is 5.32 Å². The molecule has 0 saturated carbocycles. The predicted molar refractivity (Wildman–Crippen MR) is 103 cm³/mol. The van der Waals surface area contributed by atoms with Crippen molar-refractivity contribution in [1.82, 2.24) is 5.32 Å². The zero-order valence-corrected chi connectivity index (χ0v) is 16.0. The zero-order valence-electron chi connectivity index (χ0n) is 15.2. The minimum atomic E-state index is -3.27. The van der Waals surface area contributed by atoms with Gasteiger partial charge >= 0.3 is 0 Å². The first-order valence-corrected chi connectivity index (χ1v) is 11.1. The van der Waals surface area contributed by atoms with Gasteiger partial charge < -0.3 is 10.1 Å². The van der Waals surface area contributed by atoms with Crippen LogP contribution in [-0.4, -0.2) is 39.3 Å². The number of benzene rings is 2. The lowest BCUT2D eigenvalue weighted by Crippen LogP contribution is -2.33. The summed E-state index contributed by atoms with van der Waals surface area (Å²) in [6, 6.07) is 14.0. The van der Waals surface area contributed by atoms with E-state index in [2.05, 4.69) is 5.32 Å². The summed E-state index contributed by atoms with van der Waals surface area (Å²) in [4.78, 5) is 12.8. The molecule has 0 spiro atoms. The quantitative estimate of drug-likeness (QED) is 0.859. The summed E-state index contributed by atoms with van der Waals surface area (Å²) in [5, 5.41) is 3.03. The van der Waals surface area contributed by atoms with E-state index < -0.39 is 9.84 Å². The highest BCUT2D eigenvalue weighted by Gasteiger charge is 2.40. The molecule has 1 amide bonds. The first kappa shape index (κ1) is 18.2. The summed E-state index contributed by atoms with van der Waals surface area (Å²) >= 11 is 0. The number of hydrogen-bond acceptors (Lipinski definition) is 4. The van der Waals surface area contributed by atoms with E-state index in [9.17, 15) is 13.2 Å². The first-order chi connectivity index (χ1) is 12.9. The molecule has 2 aliphatic heterocycles. The predicted octanol–water partition coefficient (Wildman–Crippen LogP) is 3.05. The Morgan fingerprint density at radius 1 is 1.11 bits per heavy atom. The molecule has 5 nitrogen and oxygen atoms in total. The molecule has 3 atom stereocenters. The number of fused-ring (bicyclic) bond motifs is 2. The number of carbonyl (C=O) groups excluding carboxylic acids is 1. The van der Waals surface area contributed by atoms with Gasteiger partial charge in [0, 0.05) is 24.3 Å². The molecule has 1 N–H and O–H groups in total. The van der Waals surface area contributed by atoms with Gasteiger partial charge in [-0.1, -0.05) is 24.3 Å². The number of nitrogens with one attached hydrogen (secondary N) is 1. The molecule has 2 aromatic carbocycles. The largest absolute Gasteiger partial charge is 0.375 e. The van der Waals surface area contributed by atoms with Gasteiger partial charge in [0.05, 0.1) is 17.1 Å². The average Bonchev–Trinajstić information content (AvgIpc) is 3.29. The standard InChI is InChI=1S/C21H23NO4S/c1-27(24,25)19-7-3-5-15(12-19)14-4-2-6-16(10-14)21(23)22-13-17-11-18-8-9-20(17)26-18/h2-7,10,12,17-18,20H,8-9,11,13H2,1H3,(H,22,23)/t17-,18-,20+/m0/s1. The SMILES string of the molecule is CS(=O)(=O)c1cccc(-c2cccc(C(=O)NC[C@@H]3C[C@@H]4CC[C@H]3O4)c2)c1. The molecule has 2 fully saturated rings. The van der Waals surface area contributed by atoms with Crippen molar-refractivity contribution in [2.24, 2.45) is 5.92 Å². The Morgan fingerprint density at radius 2 is 1.85 bits per heavy atom. The summed E-state index contributed by atoms with van der Waals surface area (Å²) in [5.74, 6) is 0.293. The Hall–Kier alpha value is -2.18. The molecule has 2 heterocycles. The summed E-state index contributed by atoms with van der Waals surface area (Å²) in [6.45, 7) is 0.633. The molecular formula is C21H23NO4S. The third kappa shape index (κ3) is 3.92. The summed E-state index contributed by atoms with van der Waals surface area (Å²) < 4.78 is 29.4. The topological polar surface area (TPSA) is 72.5 Å². The molecule has 0 radical (unpaired) electrons. The van der Waals surface area contributed by atoms with Gasteiger partial charge in [-0.3, -0.25) is 4.79 Å². The van der Waals surface area contributed by atoms with Crippen LogP contribution in [0.2, 0.25) is 0 Å². The highest BCUT2D eigenvalue weighted by Crippen LogP contribution is 2.38. The Bertz CT molecular complexity index is 970. The lowest BCUT2D eigenvalue weighted by molar-refractivity contribution is 0.0873. The van der Waals surface area contributed by atoms with Crippen LogP contribution in [0.25, 0.3) is 11.1 Å². The number of amides is 1. The van der Waals surface area contributed by atoms with Crippen LogP contribution in [0.5, 0.6) is 0 Å². The van der Waals surface area contributed by atoms with Gasteiger partial charge in [0.2, 0.25) is 0 Å². The van der Waals surface area contributed by atoms with E-state index in [1.54, 1.807) is 30.3 Å². The second kappa shape index (κ2) is 7.09. The van der Waals surface area contributed by atoms with Gasteiger partial charge in [-0.05, 0) is 54.7 Å². The number of rotatable bonds is 5. The fourth-order valence-corrected chi connectivity index (χ4v) is 4.70. The number of ether oxygens (including phenoxy) is 1. The lowest BCUT2D eigenvalue weighted by Gasteiger charge is -2.19. The molecule has 142 valence electrons. The molecule has 0 unspecified atom stereocenters. The van der Waals surface area contributed by atoms with Gasteiger partial charge in [-0.25, -0.2) is 8.42 Å². The third-order valence-electron chi connectivity index (χ3n) is 5.48. The highest BCUT2D eigenvalue weighted by atomic mass is 32.2. The van der Waals surface area contributed by atoms with Gasteiger partial charge in [0.25, 0.3) is 5.91 Å². The van der Waals surface area contributed by atoms with E-state index in [4.69, 9.17) is 4.74 Å². The van der Waals surface area contributed by atoms with Crippen LogP contribution >= 0.6 is 0 Å². The van der Waals surface area contributed by atoms with Crippen molar-refractivity contribution in [3.8, 4) is 11.1 Å². The summed E-state index contributed by atoms with van der Waals surface area (Å²) in [7, 11) is -3.27. The molecule has 2 bridgehead atoms. The van der Waals surface area contributed by atoms with Crippen molar-refractivity contribution >= 4 is 15.7 Å². The Kier molecular flexibility index (Phi) is 4.78. The zero-order chi connectivity index (χ0) is 19.0. The van der Waals surface area contributed by atoms with Crippen molar-refractivity contribution in [3.63, 3.8) is 0 Å². The Morgan fingerprint density at radius 3 is 2.52 bits per heavy atom. The van der Waals surface area contributed by atoms with Crippen LogP contribution in [-0.2, 0) is 14.6 Å². The van der Waals surface area contributed by atoms with Crippen LogP contribution in [0.4, 0.5) is 0 Å². The van der Waals surface area contributed by atoms with Gasteiger partial charge in [-0.15, -0.1) is 0 Å². The van der Waals surface area contributed by atoms with Crippen LogP contribution in [0, 0.1) is 5.92 Å². The van der Waals surface area contributed by atoms with E-state index >= 15 is 0 Å². The Labute approximate surface area is 159 Å². The van der Waals surface area contributed by atoms with Crippen LogP contribution in [0.1, 0.15) is 29.6 Å². The maximum atomic E-state index is 12.6. The number of carbonyl (C=O) groups is 1. The van der Waals surface area contributed by atoms with E-state index in [1.807, 2.05) is 18.2 Å². The maximum Gasteiger partial charge on any atom is 0.251 e. The Balaban J connectivity index is 1.48. The molecule has 0 aromatic heterocycles. The van der Waals surface area contributed by atoms with Crippen molar-refractivity contribution < 1.29 is 17.9 Å². The summed E-state index contributed by atoms with van der Waals surface area (Å²) in [6.07, 6.45) is 5.13. The average molecular weight is 385 g/mol. The minimum absolute atomic E-state index is 0.112. The van der Waals surface area contributed by atoms with Crippen molar-refractivity contribution in [2.75, 3.05) is 12.8 Å². The third-order valence-corrected chi connectivity index (χ3v) is 6.59. The second-order valence-corrected chi connectivity index (χ2v) is 9.48. The normalized spacial score (nSPS) is 24.1. The van der Waals surface area contributed by atoms with Crippen LogP contribution in [0.3, 0.4) is 0 Å². The fourth-order valence-electron chi connectivity index (χ4n) is 4.03. The maximum absolute atomic E-state index is 12.6. The van der Waals surface area contributed by atoms with Crippen molar-refractivity contribution in [1.29, 1.82) is 0 Å². The first-order valence-electron chi connectivity index (χ1n) is 9.24. The minimum Gasteiger partial charge on any atom is -0.375 e. The molecular weight excluding hydrogens is 362 g/mol. The molecule has 2 aromatic rings. The van der Waals surface area contributed by atoms with Crippen LogP contribution in [0.15, 0.2) is 53.4 Å². The van der Waals surface area contributed by atoms with Gasteiger partial charge in [-0.2, -0.15) is 0 Å². The monoisotopic (exact) mass is 385 g/mol. The molecule has 2 saturated heterocycles. The van der Waals surface area contributed by atoms with E-state index in [1.165, 1.54) is 6.26 Å². The molecule has 0 aliphatic carbocycles. The molecule has 6 heteroatoms. The smallest absolute Gasteiger partial charge is 0.251 e. The number of hydrogen-bond donors (Lipinski definition) is 1. The van der Waals surface area contributed by atoms with Crippen molar-refractivity contribution in [2.45, 2.75) is 36.4 Å². The van der Waals surface area contributed by atoms with Gasteiger partial charge in [0.15, 0.2) is 9.84 Å². The molecule has 27 heavy (non-hydrogen) atoms. The fraction of sp³-hybridized carbons (Fsp3) is 0.381. The molecule has 2 aliphatic rings. The number of sulfone groups is 1. The lowest BCUT2D eigenvalue weighted by atomic mass is 9.89. The van der Waals surface area contributed by atoms with E-state index in [0.717, 1.165) is 30.4 Å².